The zero-order valence-corrected chi connectivity index (χ0v) is 48.1. The van der Waals surface area contributed by atoms with Crippen molar-refractivity contribution in [3.05, 3.63) is 99.0 Å². The molecular weight excluding hydrogens is 1150 g/mol. The van der Waals surface area contributed by atoms with Gasteiger partial charge < -0.3 is 92.4 Å². The molecule has 3 aliphatic heterocycles. The highest BCUT2D eigenvalue weighted by atomic mass is 35.5. The van der Waals surface area contributed by atoms with E-state index < -0.39 is 131 Å². The molecule has 0 aliphatic carbocycles. The van der Waals surface area contributed by atoms with E-state index in [1.165, 1.54) is 78.9 Å². The SMILES string of the molecule is COc1ccc2c(OS(=O)(=O)Oc3cc(C(=O)N(C)CC(C)(C)COCC(C)(C)CN=[N+]=[N-])ccc3OC3O[C@H](CO)[C@H](O)C(O)C3O)cc3c(c2c1)/C(=C/Cl)CN3C(=O)c1cc2cc(C(C)=O)c(OC3O[C@H](CO)[C@H](O)C(O)[C@H]3O)cc2[nH]1. The normalized spacial score (nSPS) is 24.1. The van der Waals surface area contributed by atoms with E-state index in [4.69, 9.17) is 53.9 Å². The van der Waals surface area contributed by atoms with Crippen LogP contribution in [0.3, 0.4) is 0 Å². The molecule has 10 atom stereocenters. The number of aromatic amines is 1. The van der Waals surface area contributed by atoms with Crippen LogP contribution in [-0.4, -0.2) is 198 Å². The number of halogens is 1. The summed E-state index contributed by atoms with van der Waals surface area (Å²) < 4.78 is 74.6. The lowest BCUT2D eigenvalue weighted by Gasteiger charge is -2.39. The van der Waals surface area contributed by atoms with Gasteiger partial charge in [0.25, 0.3) is 11.8 Å². The molecule has 29 heteroatoms. The summed E-state index contributed by atoms with van der Waals surface area (Å²) >= 11 is 6.45. The number of nitrogens with zero attached hydrogens (tertiary/aromatic N) is 5. The molecule has 27 nitrogen and oxygen atoms in total. The third kappa shape index (κ3) is 13.5. The van der Waals surface area contributed by atoms with E-state index in [2.05, 4.69) is 15.0 Å². The van der Waals surface area contributed by atoms with Crippen molar-refractivity contribution >= 4 is 72.5 Å². The standard InChI is InChI=1S/C55H65ClN6O21S/c1-26(65)32-12-28-13-35(59-34(28)16-38(32)79-53-49(71)47(69)45(67)42(21-64)81-53)51(73)62-19-29(18-56)43-33-15-30(76-7)9-10-31(33)39(17-36(43)62)82-84(74,75)83-40-14-27(8-11-37(40)78-52-48(70)46(68)44(66)41(20-63)80-52)50(72)61(6)23-55(4,5)25-77-24-54(2,3)22-58-60-57/h8-18,41-42,44-49,52-53,59,63-64,66-71H,19-25H2,1-7H3/b29-18+/t41-,42-,44+,45+,46?,47?,48?,49-,52?,53?/m1/s1. The largest absolute Gasteiger partial charge is 0.501 e. The number of benzene rings is 4. The Balaban J connectivity index is 1.13. The van der Waals surface area contributed by atoms with E-state index in [-0.39, 0.29) is 72.0 Å². The zero-order chi connectivity index (χ0) is 61.3. The van der Waals surface area contributed by atoms with Gasteiger partial charge in [0, 0.05) is 75.5 Å². The number of amides is 2. The van der Waals surface area contributed by atoms with Gasteiger partial charge >= 0.3 is 10.4 Å². The number of Topliss-reactive ketones (excluding diaryl/α,β-unsaturated/α-hetero) is 1. The summed E-state index contributed by atoms with van der Waals surface area (Å²) in [5.41, 5.74) is 9.78. The van der Waals surface area contributed by atoms with Gasteiger partial charge in [0.05, 0.1) is 51.3 Å². The van der Waals surface area contributed by atoms with Crippen molar-refractivity contribution in [2.24, 2.45) is 15.9 Å². The average Bonchev–Trinajstić information content (AvgIpc) is 1.72. The van der Waals surface area contributed by atoms with Crippen molar-refractivity contribution in [3.8, 4) is 28.7 Å². The molecule has 3 aliphatic rings. The van der Waals surface area contributed by atoms with Crippen LogP contribution in [-0.2, 0) is 24.6 Å². The topological polar surface area (TPSA) is 392 Å². The number of fused-ring (bicyclic) bond motifs is 4. The second-order valence-corrected chi connectivity index (χ2v) is 23.5. The molecule has 8 rings (SSSR count). The number of carbonyl (C=O) groups excluding carboxylic acids is 3. The van der Waals surface area contributed by atoms with E-state index in [1.807, 2.05) is 27.7 Å². The molecule has 2 amide bonds. The summed E-state index contributed by atoms with van der Waals surface area (Å²) in [6.07, 6.45) is -17.2. The molecule has 5 unspecified atom stereocenters. The van der Waals surface area contributed by atoms with Crippen molar-refractivity contribution in [1.29, 1.82) is 0 Å². The van der Waals surface area contributed by atoms with E-state index in [0.717, 1.165) is 12.1 Å². The Morgan fingerprint density at radius 3 is 2.02 bits per heavy atom. The smallest absolute Gasteiger partial charge is 0.497 e. The Hall–Kier alpha value is -6.86. The summed E-state index contributed by atoms with van der Waals surface area (Å²) in [6.45, 7) is 7.68. The maximum Gasteiger partial charge on any atom is 0.501 e. The van der Waals surface area contributed by atoms with Crippen LogP contribution in [0.4, 0.5) is 5.69 Å². The summed E-state index contributed by atoms with van der Waals surface area (Å²) in [4.78, 5) is 50.4. The van der Waals surface area contributed by atoms with Gasteiger partial charge in [-0.05, 0) is 77.4 Å². The maximum absolute atomic E-state index is 14.8. The number of aromatic nitrogens is 1. The Labute approximate surface area is 485 Å². The number of methoxy groups -OCH3 is 1. The van der Waals surface area contributed by atoms with Crippen molar-refractivity contribution < 1.29 is 100 Å². The fourth-order valence-electron chi connectivity index (χ4n) is 9.97. The first-order valence-electron chi connectivity index (χ1n) is 26.1. The van der Waals surface area contributed by atoms with Crippen LogP contribution in [0.2, 0.25) is 0 Å². The number of aliphatic hydroxyl groups excluding tert-OH is 8. The molecule has 5 aromatic rings. The van der Waals surface area contributed by atoms with Gasteiger partial charge in [0.2, 0.25) is 12.6 Å². The summed E-state index contributed by atoms with van der Waals surface area (Å²) in [7, 11) is -2.47. The van der Waals surface area contributed by atoms with Crippen molar-refractivity contribution in [1.82, 2.24) is 9.88 Å². The molecule has 0 radical (unpaired) electrons. The fraction of sp³-hybridized carbons (Fsp3) is 0.473. The van der Waals surface area contributed by atoms with Gasteiger partial charge in [0.15, 0.2) is 23.0 Å². The Kier molecular flexibility index (Phi) is 19.1. The van der Waals surface area contributed by atoms with Crippen molar-refractivity contribution in [2.45, 2.75) is 96.0 Å². The van der Waals surface area contributed by atoms with Crippen LogP contribution in [0.15, 0.2) is 71.3 Å². The maximum atomic E-state index is 14.8. The van der Waals surface area contributed by atoms with Crippen LogP contribution in [0.1, 0.15) is 71.4 Å². The lowest BCUT2D eigenvalue weighted by atomic mass is 9.92. The van der Waals surface area contributed by atoms with Gasteiger partial charge in [-0.25, -0.2) is 0 Å². The third-order valence-corrected chi connectivity index (χ3v) is 15.3. The number of aliphatic hydroxyl groups is 8. The van der Waals surface area contributed by atoms with Crippen LogP contribution in [0, 0.1) is 10.8 Å². The molecule has 4 heterocycles. The molecule has 1 aromatic heterocycles. The number of hydrogen-bond donors (Lipinski definition) is 9. The molecule has 2 saturated heterocycles. The predicted molar refractivity (Wildman–Crippen MR) is 299 cm³/mol. The highest BCUT2D eigenvalue weighted by molar-refractivity contribution is 7.82. The fourth-order valence-corrected chi connectivity index (χ4v) is 10.9. The number of ether oxygens (including phenoxy) is 6. The molecule has 454 valence electrons. The van der Waals surface area contributed by atoms with Gasteiger partial charge in [-0.3, -0.25) is 14.4 Å². The molecule has 84 heavy (non-hydrogen) atoms. The first-order valence-corrected chi connectivity index (χ1v) is 27.9. The number of anilines is 1. The van der Waals surface area contributed by atoms with Crippen LogP contribution < -0.4 is 27.5 Å². The third-order valence-electron chi connectivity index (χ3n) is 14.3. The molecule has 4 aromatic carbocycles. The van der Waals surface area contributed by atoms with Crippen LogP contribution in [0.25, 0.3) is 37.7 Å². The molecule has 0 bridgehead atoms. The second-order valence-electron chi connectivity index (χ2n) is 22.1. The summed E-state index contributed by atoms with van der Waals surface area (Å²) in [5, 5.41) is 87.3. The summed E-state index contributed by atoms with van der Waals surface area (Å²) in [6, 6.07) is 13.4. The minimum Gasteiger partial charge on any atom is -0.497 e. The van der Waals surface area contributed by atoms with E-state index >= 15 is 0 Å². The van der Waals surface area contributed by atoms with E-state index in [9.17, 15) is 63.7 Å². The Morgan fingerprint density at radius 1 is 0.810 bits per heavy atom. The van der Waals surface area contributed by atoms with Crippen molar-refractivity contribution in [2.75, 3.05) is 65.1 Å². The highest BCUT2D eigenvalue weighted by Crippen LogP contribution is 2.47. The zero-order valence-electron chi connectivity index (χ0n) is 46.5. The highest BCUT2D eigenvalue weighted by Gasteiger charge is 2.47. The van der Waals surface area contributed by atoms with Crippen molar-refractivity contribution in [3.63, 3.8) is 0 Å². The quantitative estimate of drug-likeness (QED) is 0.0208. The second kappa shape index (κ2) is 25.4. The van der Waals surface area contributed by atoms with Gasteiger partial charge in [0.1, 0.15) is 66.0 Å². The number of ketones is 1. The van der Waals surface area contributed by atoms with E-state index in [0.29, 0.717) is 27.7 Å². The van der Waals surface area contributed by atoms with Gasteiger partial charge in [-0.1, -0.05) is 44.4 Å². The first kappa shape index (κ1) is 63.2. The monoisotopic (exact) mass is 1210 g/mol. The lowest BCUT2D eigenvalue weighted by molar-refractivity contribution is -0.277. The molecule has 0 saturated carbocycles. The minimum atomic E-state index is -5.38. The number of H-pyrrole nitrogens is 1. The first-order chi connectivity index (χ1) is 39.6. The van der Waals surface area contributed by atoms with Gasteiger partial charge in [-0.15, -0.1) is 8.42 Å². The van der Waals surface area contributed by atoms with Crippen LogP contribution >= 0.6 is 11.6 Å². The Bertz CT molecular complexity index is 3500. The van der Waals surface area contributed by atoms with Gasteiger partial charge in [-0.2, -0.15) is 0 Å². The number of rotatable bonds is 22. The Morgan fingerprint density at radius 2 is 1.43 bits per heavy atom. The van der Waals surface area contributed by atoms with Crippen LogP contribution in [0.5, 0.6) is 28.7 Å². The lowest BCUT2D eigenvalue weighted by Crippen LogP contribution is -2.60. The molecule has 9 N–H and O–H groups in total. The number of carbonyl (C=O) groups is 3. The minimum absolute atomic E-state index is 0.0250. The number of hydrogen-bond acceptors (Lipinski definition) is 22. The number of azide groups is 1. The average molecular weight is 1210 g/mol. The summed E-state index contributed by atoms with van der Waals surface area (Å²) in [5.74, 6) is -3.24. The molecular formula is C55H65ClN6O21S. The van der Waals surface area contributed by atoms with E-state index in [1.54, 1.807) is 6.07 Å². The predicted octanol–water partition coefficient (Wildman–Crippen LogP) is 3.28. The molecule has 0 spiro atoms. The molecule has 2 fully saturated rings. The number of nitrogens with one attached hydrogen (secondary N) is 1.